The van der Waals surface area contributed by atoms with E-state index in [9.17, 15) is 0 Å². The van der Waals surface area contributed by atoms with E-state index in [1.165, 1.54) is 11.3 Å². The Hall–Kier alpha value is -1.69. The summed E-state index contributed by atoms with van der Waals surface area (Å²) in [5, 5.41) is 3.83. The van der Waals surface area contributed by atoms with Gasteiger partial charge in [0.25, 0.3) is 0 Å². The Bertz CT molecular complexity index is 750. The van der Waals surface area contributed by atoms with Crippen LogP contribution in [0, 0.1) is 6.92 Å². The molecule has 21 heavy (non-hydrogen) atoms. The molecule has 4 nitrogen and oxygen atoms in total. The molecule has 0 spiro atoms. The summed E-state index contributed by atoms with van der Waals surface area (Å²) in [6.45, 7) is 1.79. The van der Waals surface area contributed by atoms with Crippen LogP contribution < -0.4 is 5.73 Å². The number of benzene rings is 1. The van der Waals surface area contributed by atoms with Gasteiger partial charge < -0.3 is 5.73 Å². The summed E-state index contributed by atoms with van der Waals surface area (Å²) < 4.78 is 0. The highest BCUT2D eigenvalue weighted by Gasteiger charge is 2.13. The molecule has 0 amide bonds. The Kier molecular flexibility index (Phi) is 3.80. The normalized spacial score (nSPS) is 10.8. The second kappa shape index (κ2) is 5.60. The average Bonchev–Trinajstić information content (AvgIpc) is 2.87. The van der Waals surface area contributed by atoms with Crippen molar-refractivity contribution in [2.24, 2.45) is 0 Å². The molecule has 0 atom stereocenters. The molecule has 106 valence electrons. The monoisotopic (exact) mass is 336 g/mol. The predicted molar refractivity (Wildman–Crippen MR) is 87.7 cm³/mol. The van der Waals surface area contributed by atoms with E-state index in [0.717, 1.165) is 21.8 Å². The first-order valence-corrected chi connectivity index (χ1v) is 7.68. The van der Waals surface area contributed by atoms with Crippen molar-refractivity contribution in [1.29, 1.82) is 0 Å². The third-order valence-electron chi connectivity index (χ3n) is 2.88. The van der Waals surface area contributed by atoms with Gasteiger partial charge in [-0.2, -0.15) is 0 Å². The molecule has 0 saturated carbocycles. The molecule has 0 radical (unpaired) electrons. The lowest BCUT2D eigenvalue weighted by Crippen LogP contribution is -1.98. The van der Waals surface area contributed by atoms with Crippen LogP contribution in [0.3, 0.4) is 0 Å². The molecule has 0 aliphatic carbocycles. The van der Waals surface area contributed by atoms with Crippen LogP contribution in [-0.2, 0) is 0 Å². The van der Waals surface area contributed by atoms with E-state index in [0.29, 0.717) is 21.7 Å². The van der Waals surface area contributed by atoms with Crippen LogP contribution in [0.25, 0.3) is 21.8 Å². The van der Waals surface area contributed by atoms with Gasteiger partial charge in [0.1, 0.15) is 16.6 Å². The summed E-state index contributed by atoms with van der Waals surface area (Å²) in [5.41, 5.74) is 8.25. The first kappa shape index (κ1) is 14.3. The van der Waals surface area contributed by atoms with E-state index in [-0.39, 0.29) is 0 Å². The maximum absolute atomic E-state index is 6.20. The number of hydrogen-bond acceptors (Lipinski definition) is 5. The number of nitrogen functional groups attached to an aromatic ring is 1. The molecule has 7 heteroatoms. The predicted octanol–water partition coefficient (Wildman–Crippen LogP) is 4.46. The van der Waals surface area contributed by atoms with Crippen molar-refractivity contribution in [3.8, 4) is 21.8 Å². The lowest BCUT2D eigenvalue weighted by atomic mass is 10.2. The van der Waals surface area contributed by atoms with Crippen LogP contribution in [0.1, 0.15) is 5.82 Å². The minimum absolute atomic E-state index is 0.422. The number of anilines is 1. The fourth-order valence-corrected chi connectivity index (χ4v) is 3.21. The van der Waals surface area contributed by atoms with Crippen LogP contribution in [0.5, 0.6) is 0 Å². The molecule has 0 aliphatic rings. The molecule has 2 N–H and O–H groups in total. The van der Waals surface area contributed by atoms with Crippen molar-refractivity contribution in [3.05, 3.63) is 45.6 Å². The Morgan fingerprint density at radius 3 is 2.67 bits per heavy atom. The summed E-state index contributed by atoms with van der Waals surface area (Å²) in [5.74, 6) is 1.05. The topological polar surface area (TPSA) is 64.7 Å². The highest BCUT2D eigenvalue weighted by molar-refractivity contribution is 7.13. The summed E-state index contributed by atoms with van der Waals surface area (Å²) in [7, 11) is 0. The lowest BCUT2D eigenvalue weighted by Gasteiger charge is -2.02. The summed E-state index contributed by atoms with van der Waals surface area (Å²) in [6.07, 6.45) is 1.68. The van der Waals surface area contributed by atoms with Gasteiger partial charge in [-0.05, 0) is 25.1 Å². The minimum atomic E-state index is 0.422. The molecular weight excluding hydrogens is 327 g/mol. The SMILES string of the molecule is Cc1ncc(-c2nc(-c3ccc(Cl)cc3Cl)cs2)c(N)n1. The van der Waals surface area contributed by atoms with E-state index in [1.54, 1.807) is 25.3 Å². The van der Waals surface area contributed by atoms with Crippen LogP contribution in [0.15, 0.2) is 29.8 Å². The summed E-state index contributed by atoms with van der Waals surface area (Å²) >= 11 is 13.6. The van der Waals surface area contributed by atoms with Gasteiger partial charge in [0, 0.05) is 22.2 Å². The standard InChI is InChI=1S/C14H10Cl2N4S/c1-7-18-5-10(13(17)19-7)14-20-12(6-21-14)9-3-2-8(15)4-11(9)16/h2-6H,1H3,(H2,17,18,19). The minimum Gasteiger partial charge on any atom is -0.383 e. The lowest BCUT2D eigenvalue weighted by molar-refractivity contribution is 1.06. The Morgan fingerprint density at radius 2 is 1.95 bits per heavy atom. The summed E-state index contributed by atoms with van der Waals surface area (Å²) in [6, 6.07) is 5.32. The second-order valence-corrected chi connectivity index (χ2v) is 6.08. The maximum atomic E-state index is 6.20. The van der Waals surface area contributed by atoms with Gasteiger partial charge in [0.05, 0.1) is 16.3 Å². The molecule has 0 bridgehead atoms. The van der Waals surface area contributed by atoms with Crippen LogP contribution in [-0.4, -0.2) is 15.0 Å². The largest absolute Gasteiger partial charge is 0.383 e. The van der Waals surface area contributed by atoms with Crippen LogP contribution in [0.2, 0.25) is 10.0 Å². The zero-order valence-electron chi connectivity index (χ0n) is 11.0. The molecule has 0 aliphatic heterocycles. The Morgan fingerprint density at radius 1 is 1.14 bits per heavy atom. The molecule has 0 unspecified atom stereocenters. The average molecular weight is 337 g/mol. The van der Waals surface area contributed by atoms with Crippen molar-refractivity contribution in [2.45, 2.75) is 6.92 Å². The Balaban J connectivity index is 2.03. The number of halogens is 2. The zero-order valence-corrected chi connectivity index (χ0v) is 13.3. The number of aromatic nitrogens is 3. The van der Waals surface area contributed by atoms with E-state index in [1.807, 2.05) is 11.4 Å². The first-order chi connectivity index (χ1) is 10.0. The number of nitrogens with zero attached hydrogens (tertiary/aromatic N) is 3. The van der Waals surface area contributed by atoms with Gasteiger partial charge in [-0.25, -0.2) is 15.0 Å². The molecular formula is C14H10Cl2N4S. The third-order valence-corrected chi connectivity index (χ3v) is 4.30. The number of hydrogen-bond donors (Lipinski definition) is 1. The van der Waals surface area contributed by atoms with Gasteiger partial charge in [-0.1, -0.05) is 23.2 Å². The number of thiazole rings is 1. The van der Waals surface area contributed by atoms with Crippen molar-refractivity contribution < 1.29 is 0 Å². The van der Waals surface area contributed by atoms with Gasteiger partial charge in [-0.15, -0.1) is 11.3 Å². The second-order valence-electron chi connectivity index (χ2n) is 4.38. The Labute approximate surface area is 135 Å². The van der Waals surface area contributed by atoms with Gasteiger partial charge in [0.15, 0.2) is 0 Å². The number of aryl methyl sites for hydroxylation is 1. The zero-order chi connectivity index (χ0) is 15.0. The number of rotatable bonds is 2. The quantitative estimate of drug-likeness (QED) is 0.750. The third kappa shape index (κ3) is 2.85. The van der Waals surface area contributed by atoms with E-state index in [4.69, 9.17) is 28.9 Å². The molecule has 0 saturated heterocycles. The molecule has 0 fully saturated rings. The van der Waals surface area contributed by atoms with Gasteiger partial charge in [0.2, 0.25) is 0 Å². The van der Waals surface area contributed by atoms with E-state index in [2.05, 4.69) is 15.0 Å². The van der Waals surface area contributed by atoms with Crippen LogP contribution >= 0.6 is 34.5 Å². The highest BCUT2D eigenvalue weighted by Crippen LogP contribution is 2.34. The van der Waals surface area contributed by atoms with Crippen molar-refractivity contribution in [2.75, 3.05) is 5.73 Å². The van der Waals surface area contributed by atoms with Crippen molar-refractivity contribution >= 4 is 40.4 Å². The van der Waals surface area contributed by atoms with Crippen molar-refractivity contribution in [3.63, 3.8) is 0 Å². The van der Waals surface area contributed by atoms with E-state index >= 15 is 0 Å². The summed E-state index contributed by atoms with van der Waals surface area (Å²) in [4.78, 5) is 12.9. The molecule has 3 rings (SSSR count). The molecule has 1 aromatic carbocycles. The fourth-order valence-electron chi connectivity index (χ4n) is 1.87. The van der Waals surface area contributed by atoms with E-state index < -0.39 is 0 Å². The van der Waals surface area contributed by atoms with Gasteiger partial charge >= 0.3 is 0 Å². The number of nitrogens with two attached hydrogens (primary N) is 1. The fraction of sp³-hybridized carbons (Fsp3) is 0.0714. The highest BCUT2D eigenvalue weighted by atomic mass is 35.5. The van der Waals surface area contributed by atoms with Gasteiger partial charge in [-0.3, -0.25) is 0 Å². The molecule has 2 heterocycles. The smallest absolute Gasteiger partial charge is 0.137 e. The first-order valence-electron chi connectivity index (χ1n) is 6.05. The van der Waals surface area contributed by atoms with Crippen molar-refractivity contribution in [1.82, 2.24) is 15.0 Å². The molecule has 3 aromatic rings. The van der Waals surface area contributed by atoms with Crippen LogP contribution in [0.4, 0.5) is 5.82 Å². The maximum Gasteiger partial charge on any atom is 0.137 e. The molecule has 2 aromatic heterocycles.